The van der Waals surface area contributed by atoms with Gasteiger partial charge in [0.25, 0.3) is 0 Å². The fourth-order valence-corrected chi connectivity index (χ4v) is 1.90. The Morgan fingerprint density at radius 1 is 1.15 bits per heavy atom. The molecule has 0 atom stereocenters. The first kappa shape index (κ1) is 16.4. The Morgan fingerprint density at radius 2 is 1.85 bits per heavy atom. The van der Waals surface area contributed by atoms with E-state index in [9.17, 15) is 4.79 Å². The van der Waals surface area contributed by atoms with E-state index in [1.165, 1.54) is 5.56 Å². The molecule has 1 aromatic carbocycles. The molecule has 0 aliphatic carbocycles. The second-order valence-corrected chi connectivity index (χ2v) is 4.86. The highest BCUT2D eigenvalue weighted by Gasteiger charge is 1.95. The molecule has 0 aliphatic heterocycles. The van der Waals surface area contributed by atoms with Crippen molar-refractivity contribution in [2.24, 2.45) is 0 Å². The number of rotatable bonds is 9. The zero-order valence-electron chi connectivity index (χ0n) is 12.3. The second kappa shape index (κ2) is 10.2. The smallest absolute Gasteiger partial charge is 0.243 e. The molecule has 0 spiro atoms. The molecule has 0 heterocycles. The lowest BCUT2D eigenvalue weighted by molar-refractivity contribution is -0.116. The summed E-state index contributed by atoms with van der Waals surface area (Å²) in [7, 11) is 0. The van der Waals surface area contributed by atoms with Crippen LogP contribution < -0.4 is 5.32 Å². The molecule has 0 unspecified atom stereocenters. The minimum Gasteiger partial charge on any atom is -0.396 e. The molecule has 0 saturated heterocycles. The first-order valence-electron chi connectivity index (χ1n) is 7.42. The molecular weight excluding hydrogens is 250 g/mol. The first-order chi connectivity index (χ1) is 9.76. The molecule has 20 heavy (non-hydrogen) atoms. The molecule has 0 bridgehead atoms. The molecule has 0 fully saturated rings. The second-order valence-electron chi connectivity index (χ2n) is 4.86. The van der Waals surface area contributed by atoms with Crippen molar-refractivity contribution in [3.05, 3.63) is 41.5 Å². The summed E-state index contributed by atoms with van der Waals surface area (Å²) in [4.78, 5) is 11.6. The molecule has 1 rings (SSSR count). The number of nitrogens with one attached hydrogen (secondary N) is 1. The maximum Gasteiger partial charge on any atom is 0.243 e. The minimum atomic E-state index is -0.0493. The summed E-state index contributed by atoms with van der Waals surface area (Å²) in [5.74, 6) is -0.0493. The highest BCUT2D eigenvalue weighted by atomic mass is 16.2. The first-order valence-corrected chi connectivity index (χ1v) is 7.42. The lowest BCUT2D eigenvalue weighted by Crippen LogP contribution is -2.21. The Bertz CT molecular complexity index is 410. The largest absolute Gasteiger partial charge is 0.396 e. The summed E-state index contributed by atoms with van der Waals surface area (Å²) < 4.78 is 0. The predicted octanol–water partition coefficient (Wildman–Crippen LogP) is 2.93. The van der Waals surface area contributed by atoms with E-state index in [1.54, 1.807) is 6.08 Å². The third kappa shape index (κ3) is 7.10. The average molecular weight is 275 g/mol. The summed E-state index contributed by atoms with van der Waals surface area (Å²) in [6.45, 7) is 3.08. The topological polar surface area (TPSA) is 49.3 Å². The number of carbonyl (C=O) groups is 1. The van der Waals surface area contributed by atoms with Crippen molar-refractivity contribution in [3.8, 4) is 0 Å². The number of amides is 1. The summed E-state index contributed by atoms with van der Waals surface area (Å²) in [6.07, 6.45) is 8.32. The number of benzene rings is 1. The SMILES string of the molecule is CCc1ccc(/C=C/C(=O)NCCCCCCO)cc1. The third-order valence-electron chi connectivity index (χ3n) is 3.20. The van der Waals surface area contributed by atoms with E-state index in [0.717, 1.165) is 37.7 Å². The van der Waals surface area contributed by atoms with Gasteiger partial charge in [-0.25, -0.2) is 0 Å². The molecular formula is C17H25NO2. The van der Waals surface area contributed by atoms with E-state index in [0.29, 0.717) is 6.54 Å². The maximum atomic E-state index is 11.6. The van der Waals surface area contributed by atoms with Crippen LogP contribution in [0.4, 0.5) is 0 Å². The van der Waals surface area contributed by atoms with Crippen LogP contribution in [0, 0.1) is 0 Å². The summed E-state index contributed by atoms with van der Waals surface area (Å²) in [6, 6.07) is 8.21. The van der Waals surface area contributed by atoms with Gasteiger partial charge in [-0.15, -0.1) is 0 Å². The fraction of sp³-hybridized carbons (Fsp3) is 0.471. The van der Waals surface area contributed by atoms with Crippen LogP contribution in [-0.4, -0.2) is 24.2 Å². The fourth-order valence-electron chi connectivity index (χ4n) is 1.90. The van der Waals surface area contributed by atoms with Crippen LogP contribution in [0.1, 0.15) is 43.7 Å². The number of hydrogen-bond acceptors (Lipinski definition) is 2. The lowest BCUT2D eigenvalue weighted by atomic mass is 10.1. The number of aliphatic hydroxyl groups is 1. The molecule has 2 N–H and O–H groups in total. The minimum absolute atomic E-state index is 0.0493. The van der Waals surface area contributed by atoms with Crippen molar-refractivity contribution < 1.29 is 9.90 Å². The Hall–Kier alpha value is -1.61. The van der Waals surface area contributed by atoms with E-state index < -0.39 is 0 Å². The Kier molecular flexibility index (Phi) is 8.40. The van der Waals surface area contributed by atoms with Crippen molar-refractivity contribution in [1.82, 2.24) is 5.32 Å². The molecule has 1 amide bonds. The van der Waals surface area contributed by atoms with Crippen molar-refractivity contribution in [2.75, 3.05) is 13.2 Å². The molecule has 110 valence electrons. The number of hydrogen-bond donors (Lipinski definition) is 2. The van der Waals surface area contributed by atoms with Crippen LogP contribution in [0.5, 0.6) is 0 Å². The maximum absolute atomic E-state index is 11.6. The highest BCUT2D eigenvalue weighted by molar-refractivity contribution is 5.91. The predicted molar refractivity (Wildman–Crippen MR) is 83.4 cm³/mol. The van der Waals surface area contributed by atoms with E-state index in [1.807, 2.05) is 18.2 Å². The number of aliphatic hydroxyl groups excluding tert-OH is 1. The summed E-state index contributed by atoms with van der Waals surface area (Å²) >= 11 is 0. The van der Waals surface area contributed by atoms with E-state index >= 15 is 0 Å². The van der Waals surface area contributed by atoms with Crippen molar-refractivity contribution in [3.63, 3.8) is 0 Å². The van der Waals surface area contributed by atoms with Gasteiger partial charge in [0.15, 0.2) is 0 Å². The van der Waals surface area contributed by atoms with Crippen molar-refractivity contribution >= 4 is 12.0 Å². The van der Waals surface area contributed by atoms with Crippen LogP contribution in [-0.2, 0) is 11.2 Å². The Labute approximate surface area is 121 Å². The molecule has 3 heteroatoms. The standard InChI is InChI=1S/C17H25NO2/c1-2-15-7-9-16(10-8-15)11-12-17(20)18-13-5-3-4-6-14-19/h7-12,19H,2-6,13-14H2,1H3,(H,18,20)/b12-11+. The normalized spacial score (nSPS) is 10.9. The van der Waals surface area contributed by atoms with Gasteiger partial charge in [-0.2, -0.15) is 0 Å². The van der Waals surface area contributed by atoms with Crippen LogP contribution in [0.15, 0.2) is 30.3 Å². The van der Waals surface area contributed by atoms with Gasteiger partial charge >= 0.3 is 0 Å². The van der Waals surface area contributed by atoms with Crippen molar-refractivity contribution in [2.45, 2.75) is 39.0 Å². The zero-order chi connectivity index (χ0) is 14.6. The van der Waals surface area contributed by atoms with Gasteiger partial charge in [-0.1, -0.05) is 44.0 Å². The highest BCUT2D eigenvalue weighted by Crippen LogP contribution is 2.06. The lowest BCUT2D eigenvalue weighted by Gasteiger charge is -2.02. The molecule has 0 saturated carbocycles. The number of unbranched alkanes of at least 4 members (excludes halogenated alkanes) is 3. The van der Waals surface area contributed by atoms with E-state index in [2.05, 4.69) is 24.4 Å². The Balaban J connectivity index is 2.22. The van der Waals surface area contributed by atoms with Gasteiger partial charge in [0.2, 0.25) is 5.91 Å². The monoisotopic (exact) mass is 275 g/mol. The number of carbonyl (C=O) groups excluding carboxylic acids is 1. The summed E-state index contributed by atoms with van der Waals surface area (Å²) in [5.41, 5.74) is 2.34. The van der Waals surface area contributed by atoms with Crippen LogP contribution in [0.3, 0.4) is 0 Å². The van der Waals surface area contributed by atoms with Gasteiger partial charge in [0.05, 0.1) is 0 Å². The zero-order valence-corrected chi connectivity index (χ0v) is 12.3. The molecule has 0 radical (unpaired) electrons. The summed E-state index contributed by atoms with van der Waals surface area (Å²) in [5, 5.41) is 11.5. The molecule has 1 aromatic rings. The van der Waals surface area contributed by atoms with Gasteiger partial charge in [-0.05, 0) is 36.5 Å². The van der Waals surface area contributed by atoms with Crippen molar-refractivity contribution in [1.29, 1.82) is 0 Å². The average Bonchev–Trinajstić information content (AvgIpc) is 2.49. The van der Waals surface area contributed by atoms with E-state index in [4.69, 9.17) is 5.11 Å². The van der Waals surface area contributed by atoms with Gasteiger partial charge in [-0.3, -0.25) is 4.79 Å². The molecule has 3 nitrogen and oxygen atoms in total. The molecule has 0 aromatic heterocycles. The van der Waals surface area contributed by atoms with Crippen LogP contribution >= 0.6 is 0 Å². The quantitative estimate of drug-likeness (QED) is 0.538. The third-order valence-corrected chi connectivity index (χ3v) is 3.20. The van der Waals surface area contributed by atoms with Gasteiger partial charge < -0.3 is 10.4 Å². The van der Waals surface area contributed by atoms with Crippen LogP contribution in [0.25, 0.3) is 6.08 Å². The van der Waals surface area contributed by atoms with E-state index in [-0.39, 0.29) is 12.5 Å². The van der Waals surface area contributed by atoms with Gasteiger partial charge in [0, 0.05) is 19.2 Å². The van der Waals surface area contributed by atoms with Gasteiger partial charge in [0.1, 0.15) is 0 Å². The number of aryl methyl sites for hydroxylation is 1. The van der Waals surface area contributed by atoms with Crippen LogP contribution in [0.2, 0.25) is 0 Å². The molecule has 0 aliphatic rings. The Morgan fingerprint density at radius 3 is 2.50 bits per heavy atom.